The Morgan fingerprint density at radius 3 is 2.58 bits per heavy atom. The molecule has 0 unspecified atom stereocenters. The molecule has 5 nitrogen and oxygen atoms in total. The zero-order valence-corrected chi connectivity index (χ0v) is 13.8. The first-order chi connectivity index (χ1) is 11.5. The lowest BCUT2D eigenvalue weighted by atomic mass is 10.0. The van der Waals surface area contributed by atoms with Crippen LogP contribution in [-0.4, -0.2) is 17.8 Å². The highest BCUT2D eigenvalue weighted by atomic mass is 35.5. The van der Waals surface area contributed by atoms with E-state index in [0.29, 0.717) is 21.2 Å². The second-order valence-electron chi connectivity index (χ2n) is 5.20. The Labute approximate surface area is 147 Å². The molecule has 0 fully saturated rings. The highest BCUT2D eigenvalue weighted by Gasteiger charge is 2.29. The molecular formula is C17H11Cl2NO4. The fourth-order valence-electron chi connectivity index (χ4n) is 2.44. The number of carbonyl (C=O) groups excluding carboxylic acids is 3. The number of hydrogen-bond acceptors (Lipinski definition) is 4. The summed E-state index contributed by atoms with van der Waals surface area (Å²) in [6.45, 7) is -0.00497. The predicted molar refractivity (Wildman–Crippen MR) is 88.2 cm³/mol. The van der Waals surface area contributed by atoms with Crippen molar-refractivity contribution >= 4 is 41.0 Å². The van der Waals surface area contributed by atoms with E-state index in [-0.39, 0.29) is 24.2 Å². The van der Waals surface area contributed by atoms with Crippen LogP contribution in [-0.2, 0) is 22.6 Å². The largest absolute Gasteiger partial charge is 0.460 e. The Bertz CT molecular complexity index is 864. The van der Waals surface area contributed by atoms with Gasteiger partial charge in [-0.1, -0.05) is 41.4 Å². The minimum absolute atomic E-state index is 0.00497. The van der Waals surface area contributed by atoms with Crippen LogP contribution >= 0.6 is 23.2 Å². The highest BCUT2D eigenvalue weighted by Crippen LogP contribution is 2.23. The number of fused-ring (bicyclic) bond motifs is 1. The molecule has 2 amide bonds. The Hall–Kier alpha value is -2.37. The summed E-state index contributed by atoms with van der Waals surface area (Å²) in [5, 5.41) is 3.10. The number of benzene rings is 2. The lowest BCUT2D eigenvalue weighted by Crippen LogP contribution is -2.20. The molecule has 2 aromatic rings. The van der Waals surface area contributed by atoms with E-state index in [0.717, 1.165) is 0 Å². The van der Waals surface area contributed by atoms with Gasteiger partial charge in [0.1, 0.15) is 6.61 Å². The molecule has 1 aliphatic heterocycles. The SMILES string of the molecule is O=C(Cc1cccc2c1C(=O)NC2=O)OCc1ccc(Cl)cc1Cl. The third-order valence-electron chi connectivity index (χ3n) is 3.59. The molecule has 1 aliphatic rings. The van der Waals surface area contributed by atoms with E-state index in [2.05, 4.69) is 5.32 Å². The van der Waals surface area contributed by atoms with Gasteiger partial charge in [0, 0.05) is 15.6 Å². The molecule has 0 atom stereocenters. The third kappa shape index (κ3) is 3.27. The molecule has 122 valence electrons. The Kier molecular flexibility index (Phi) is 4.55. The maximum Gasteiger partial charge on any atom is 0.310 e. The summed E-state index contributed by atoms with van der Waals surface area (Å²) in [4.78, 5) is 35.5. The van der Waals surface area contributed by atoms with Gasteiger partial charge < -0.3 is 4.74 Å². The number of nitrogens with one attached hydrogen (secondary N) is 1. The van der Waals surface area contributed by atoms with Gasteiger partial charge >= 0.3 is 5.97 Å². The topological polar surface area (TPSA) is 72.5 Å². The van der Waals surface area contributed by atoms with Gasteiger partial charge in [-0.15, -0.1) is 0 Å². The van der Waals surface area contributed by atoms with Crippen molar-refractivity contribution in [2.75, 3.05) is 0 Å². The zero-order chi connectivity index (χ0) is 17.3. The first kappa shape index (κ1) is 16.5. The number of esters is 1. The Morgan fingerprint density at radius 2 is 1.83 bits per heavy atom. The van der Waals surface area contributed by atoms with Crippen LogP contribution in [0.1, 0.15) is 31.8 Å². The van der Waals surface area contributed by atoms with Gasteiger partial charge in [0.05, 0.1) is 17.5 Å². The van der Waals surface area contributed by atoms with E-state index >= 15 is 0 Å². The molecule has 0 saturated heterocycles. The number of ether oxygens (including phenoxy) is 1. The monoisotopic (exact) mass is 363 g/mol. The summed E-state index contributed by atoms with van der Waals surface area (Å²) in [7, 11) is 0. The Morgan fingerprint density at radius 1 is 1.04 bits per heavy atom. The first-order valence-electron chi connectivity index (χ1n) is 7.03. The van der Waals surface area contributed by atoms with Crippen LogP contribution in [0.4, 0.5) is 0 Å². The highest BCUT2D eigenvalue weighted by molar-refractivity contribution is 6.35. The molecule has 3 rings (SSSR count). The minimum Gasteiger partial charge on any atom is -0.460 e. The van der Waals surface area contributed by atoms with E-state index in [4.69, 9.17) is 27.9 Å². The fraction of sp³-hybridized carbons (Fsp3) is 0.118. The van der Waals surface area contributed by atoms with Gasteiger partial charge in [-0.2, -0.15) is 0 Å². The second-order valence-corrected chi connectivity index (χ2v) is 6.04. The van der Waals surface area contributed by atoms with Crippen molar-refractivity contribution in [2.45, 2.75) is 13.0 Å². The van der Waals surface area contributed by atoms with Crippen LogP contribution in [0, 0.1) is 0 Å². The molecule has 0 aromatic heterocycles. The van der Waals surface area contributed by atoms with Crippen molar-refractivity contribution < 1.29 is 19.1 Å². The molecule has 7 heteroatoms. The number of imide groups is 1. The number of amides is 2. The average molecular weight is 364 g/mol. The van der Waals surface area contributed by atoms with Crippen molar-refractivity contribution in [3.63, 3.8) is 0 Å². The van der Waals surface area contributed by atoms with Gasteiger partial charge in [0.15, 0.2) is 0 Å². The molecule has 0 bridgehead atoms. The van der Waals surface area contributed by atoms with Crippen molar-refractivity contribution in [3.8, 4) is 0 Å². The third-order valence-corrected chi connectivity index (χ3v) is 4.18. The van der Waals surface area contributed by atoms with E-state index in [1.165, 1.54) is 6.07 Å². The lowest BCUT2D eigenvalue weighted by molar-refractivity contribution is -0.144. The van der Waals surface area contributed by atoms with Crippen molar-refractivity contribution in [1.29, 1.82) is 0 Å². The number of rotatable bonds is 4. The van der Waals surface area contributed by atoms with Crippen LogP contribution in [0.2, 0.25) is 10.0 Å². The van der Waals surface area contributed by atoms with Gasteiger partial charge in [-0.3, -0.25) is 19.7 Å². The van der Waals surface area contributed by atoms with Crippen molar-refractivity contribution in [1.82, 2.24) is 5.32 Å². The van der Waals surface area contributed by atoms with Gasteiger partial charge in [0.2, 0.25) is 0 Å². The molecule has 0 saturated carbocycles. The van der Waals surface area contributed by atoms with Gasteiger partial charge in [0.25, 0.3) is 11.8 Å². The van der Waals surface area contributed by atoms with Crippen LogP contribution in [0.3, 0.4) is 0 Å². The number of halogens is 2. The number of carbonyl (C=O) groups is 3. The first-order valence-corrected chi connectivity index (χ1v) is 7.78. The maximum atomic E-state index is 12.0. The second kappa shape index (κ2) is 6.63. The maximum absolute atomic E-state index is 12.0. The summed E-state index contributed by atoms with van der Waals surface area (Å²) >= 11 is 11.8. The zero-order valence-electron chi connectivity index (χ0n) is 12.3. The van der Waals surface area contributed by atoms with E-state index in [9.17, 15) is 14.4 Å². The molecule has 1 N–H and O–H groups in total. The molecule has 0 spiro atoms. The van der Waals surface area contributed by atoms with Crippen LogP contribution in [0.5, 0.6) is 0 Å². The fourth-order valence-corrected chi connectivity index (χ4v) is 2.90. The molecule has 0 aliphatic carbocycles. The van der Waals surface area contributed by atoms with Gasteiger partial charge in [-0.25, -0.2) is 0 Å². The smallest absolute Gasteiger partial charge is 0.310 e. The molecule has 2 aromatic carbocycles. The summed E-state index contributed by atoms with van der Waals surface area (Å²) < 4.78 is 5.19. The van der Waals surface area contributed by atoms with Crippen molar-refractivity contribution in [3.05, 3.63) is 68.7 Å². The average Bonchev–Trinajstić information content (AvgIpc) is 2.82. The quantitative estimate of drug-likeness (QED) is 0.668. The summed E-state index contributed by atoms with van der Waals surface area (Å²) in [5.74, 6) is -1.49. The summed E-state index contributed by atoms with van der Waals surface area (Å²) in [6.07, 6.45) is -0.116. The van der Waals surface area contributed by atoms with Crippen LogP contribution in [0.15, 0.2) is 36.4 Å². The summed E-state index contributed by atoms with van der Waals surface area (Å²) in [5.41, 5.74) is 1.57. The van der Waals surface area contributed by atoms with Crippen LogP contribution in [0.25, 0.3) is 0 Å². The summed E-state index contributed by atoms with van der Waals surface area (Å²) in [6, 6.07) is 9.66. The molecule has 1 heterocycles. The van der Waals surface area contributed by atoms with E-state index < -0.39 is 17.8 Å². The molecule has 0 radical (unpaired) electrons. The molecular weight excluding hydrogens is 353 g/mol. The minimum atomic E-state index is -0.526. The normalized spacial score (nSPS) is 12.8. The van der Waals surface area contributed by atoms with E-state index in [1.807, 2.05) is 0 Å². The van der Waals surface area contributed by atoms with E-state index in [1.54, 1.807) is 30.3 Å². The van der Waals surface area contributed by atoms with Gasteiger partial charge in [-0.05, 0) is 23.8 Å². The number of hydrogen-bond donors (Lipinski definition) is 1. The van der Waals surface area contributed by atoms with Crippen LogP contribution < -0.4 is 5.32 Å². The predicted octanol–water partition coefficient (Wildman–Crippen LogP) is 3.16. The molecule has 24 heavy (non-hydrogen) atoms. The van der Waals surface area contributed by atoms with Crippen molar-refractivity contribution in [2.24, 2.45) is 0 Å². The standard InChI is InChI=1S/C17H11Cl2NO4/c18-11-5-4-10(13(19)7-11)8-24-14(21)6-9-2-1-3-12-15(9)17(23)20-16(12)22/h1-5,7H,6,8H2,(H,20,22,23). The Balaban J connectivity index is 1.70. The lowest BCUT2D eigenvalue weighted by Gasteiger charge is -2.08.